The van der Waals surface area contributed by atoms with Crippen LogP contribution in [0.1, 0.15) is 15.9 Å². The molecule has 0 aliphatic carbocycles. The summed E-state index contributed by atoms with van der Waals surface area (Å²) < 4.78 is 6.84. The van der Waals surface area contributed by atoms with Crippen molar-refractivity contribution in [3.63, 3.8) is 0 Å². The van der Waals surface area contributed by atoms with Gasteiger partial charge < -0.3 is 19.5 Å². The summed E-state index contributed by atoms with van der Waals surface area (Å²) in [6, 6.07) is 10.6. The number of nitrogens with zero attached hydrogens (tertiary/aromatic N) is 2. The second-order valence-electron chi connectivity index (χ2n) is 5.81. The summed E-state index contributed by atoms with van der Waals surface area (Å²) in [5.74, 6) is 0.122. The van der Waals surface area contributed by atoms with Gasteiger partial charge in [0.25, 0.3) is 17.4 Å². The maximum absolute atomic E-state index is 12.2. The Morgan fingerprint density at radius 2 is 2.00 bits per heavy atom. The summed E-state index contributed by atoms with van der Waals surface area (Å²) in [6.45, 7) is 1.00. The van der Waals surface area contributed by atoms with Gasteiger partial charge in [0.2, 0.25) is 0 Å². The Balaban J connectivity index is 1.61. The van der Waals surface area contributed by atoms with Crippen LogP contribution in [-0.2, 0) is 18.4 Å². The summed E-state index contributed by atoms with van der Waals surface area (Å²) in [6.07, 6.45) is 1.59. The van der Waals surface area contributed by atoms with Crippen LogP contribution in [0.4, 0.5) is 0 Å². The highest BCUT2D eigenvalue weighted by Gasteiger charge is 2.21. The number of aryl methyl sites for hydroxylation is 1. The number of carbonyl (C=O) groups excluding carboxylic acids is 2. The fourth-order valence-corrected chi connectivity index (χ4v) is 2.67. The Morgan fingerprint density at radius 1 is 1.20 bits per heavy atom. The van der Waals surface area contributed by atoms with E-state index < -0.39 is 5.91 Å². The Bertz CT molecular complexity index is 859. The van der Waals surface area contributed by atoms with Crippen molar-refractivity contribution in [2.24, 2.45) is 7.05 Å². The number of ether oxygens (including phenoxy) is 1. The molecule has 1 N–H and O–H groups in total. The van der Waals surface area contributed by atoms with E-state index in [0.29, 0.717) is 18.8 Å². The van der Waals surface area contributed by atoms with Crippen LogP contribution in [0.3, 0.4) is 0 Å². The molecule has 25 heavy (non-hydrogen) atoms. The summed E-state index contributed by atoms with van der Waals surface area (Å²) in [5, 5.41) is 2.69. The molecule has 0 radical (unpaired) electrons. The summed E-state index contributed by atoms with van der Waals surface area (Å²) in [4.78, 5) is 37.9. The summed E-state index contributed by atoms with van der Waals surface area (Å²) in [5.41, 5.74) is 0.658. The van der Waals surface area contributed by atoms with Gasteiger partial charge in [0, 0.05) is 38.4 Å². The van der Waals surface area contributed by atoms with Gasteiger partial charge >= 0.3 is 0 Å². The lowest BCUT2D eigenvalue weighted by Crippen LogP contribution is -2.40. The number of fused-ring (bicyclic) bond motifs is 1. The molecule has 0 fully saturated rings. The van der Waals surface area contributed by atoms with E-state index in [2.05, 4.69) is 5.32 Å². The minimum Gasteiger partial charge on any atom is -0.483 e. The number of aromatic nitrogens is 1. The van der Waals surface area contributed by atoms with Crippen molar-refractivity contribution in [1.82, 2.24) is 14.8 Å². The zero-order chi connectivity index (χ0) is 17.8. The van der Waals surface area contributed by atoms with Crippen molar-refractivity contribution in [2.75, 3.05) is 19.7 Å². The van der Waals surface area contributed by atoms with Crippen LogP contribution in [0.5, 0.6) is 5.75 Å². The van der Waals surface area contributed by atoms with E-state index in [4.69, 9.17) is 4.74 Å². The number of benzene rings is 1. The number of pyridine rings is 1. The number of para-hydroxylation sites is 1. The molecule has 2 heterocycles. The molecule has 1 aliphatic rings. The number of hydrogen-bond acceptors (Lipinski definition) is 4. The number of rotatable bonds is 4. The minimum atomic E-state index is -0.444. The van der Waals surface area contributed by atoms with E-state index in [-0.39, 0.29) is 30.2 Å². The highest BCUT2D eigenvalue weighted by atomic mass is 16.5. The van der Waals surface area contributed by atoms with E-state index in [0.717, 1.165) is 5.56 Å². The Hall–Kier alpha value is -3.09. The molecule has 7 nitrogen and oxygen atoms in total. The lowest BCUT2D eigenvalue weighted by atomic mass is 10.2. The highest BCUT2D eigenvalue weighted by Crippen LogP contribution is 2.22. The Morgan fingerprint density at radius 3 is 2.84 bits per heavy atom. The number of amides is 2. The first-order valence-corrected chi connectivity index (χ1v) is 7.98. The van der Waals surface area contributed by atoms with Crippen molar-refractivity contribution < 1.29 is 14.3 Å². The van der Waals surface area contributed by atoms with E-state index in [1.54, 1.807) is 24.2 Å². The highest BCUT2D eigenvalue weighted by molar-refractivity contribution is 5.93. The molecule has 1 aliphatic heterocycles. The molecule has 0 spiro atoms. The first kappa shape index (κ1) is 16.8. The van der Waals surface area contributed by atoms with Gasteiger partial charge in [-0.3, -0.25) is 14.4 Å². The molecule has 1 aromatic carbocycles. The van der Waals surface area contributed by atoms with E-state index in [9.17, 15) is 14.4 Å². The molecule has 0 unspecified atom stereocenters. The molecule has 3 rings (SSSR count). The van der Waals surface area contributed by atoms with Crippen LogP contribution >= 0.6 is 0 Å². The molecule has 0 saturated carbocycles. The zero-order valence-corrected chi connectivity index (χ0v) is 13.9. The average molecular weight is 341 g/mol. The number of hydrogen-bond donors (Lipinski definition) is 1. The largest absolute Gasteiger partial charge is 0.483 e. The van der Waals surface area contributed by atoms with Crippen molar-refractivity contribution in [1.29, 1.82) is 0 Å². The lowest BCUT2D eigenvalue weighted by Gasteiger charge is -2.20. The first-order valence-electron chi connectivity index (χ1n) is 7.98. The number of carbonyl (C=O) groups is 2. The van der Waals surface area contributed by atoms with Gasteiger partial charge in [0.15, 0.2) is 6.61 Å². The molecule has 0 atom stereocenters. The molecule has 0 bridgehead atoms. The number of nitrogens with one attached hydrogen (secondary N) is 1. The van der Waals surface area contributed by atoms with E-state index >= 15 is 0 Å². The molecule has 0 saturated heterocycles. The summed E-state index contributed by atoms with van der Waals surface area (Å²) in [7, 11) is 1.59. The fourth-order valence-electron chi connectivity index (χ4n) is 2.67. The van der Waals surface area contributed by atoms with Gasteiger partial charge in [0.05, 0.1) is 0 Å². The summed E-state index contributed by atoms with van der Waals surface area (Å²) >= 11 is 0. The Labute approximate surface area is 144 Å². The van der Waals surface area contributed by atoms with Crippen LogP contribution in [0, 0.1) is 0 Å². The molecule has 1 aromatic heterocycles. The smallest absolute Gasteiger partial charge is 0.263 e. The van der Waals surface area contributed by atoms with Crippen molar-refractivity contribution >= 4 is 11.8 Å². The van der Waals surface area contributed by atoms with Crippen molar-refractivity contribution in [2.45, 2.75) is 6.54 Å². The van der Waals surface area contributed by atoms with Gasteiger partial charge in [0.1, 0.15) is 11.3 Å². The standard InChI is InChI=1S/C18H19N3O4/c1-20-9-4-6-14(18(20)24)17(23)19-8-10-21-11-13-5-2-3-7-15(13)25-12-16(21)22/h2-7,9H,8,10-12H2,1H3,(H,19,23). The monoisotopic (exact) mass is 341 g/mol. The van der Waals surface area contributed by atoms with Gasteiger partial charge in [-0.15, -0.1) is 0 Å². The van der Waals surface area contributed by atoms with Crippen LogP contribution in [0.15, 0.2) is 47.4 Å². The van der Waals surface area contributed by atoms with Crippen LogP contribution in [-0.4, -0.2) is 41.0 Å². The van der Waals surface area contributed by atoms with Crippen molar-refractivity contribution in [3.8, 4) is 5.75 Å². The zero-order valence-electron chi connectivity index (χ0n) is 13.9. The predicted octanol–water partition coefficient (Wildman–Crippen LogP) is 0.536. The third-order valence-corrected chi connectivity index (χ3v) is 4.07. The van der Waals surface area contributed by atoms with E-state index in [1.165, 1.54) is 10.6 Å². The minimum absolute atomic E-state index is 0.0236. The molecule has 7 heteroatoms. The van der Waals surface area contributed by atoms with Crippen LogP contribution in [0.25, 0.3) is 0 Å². The molecule has 130 valence electrons. The first-order chi connectivity index (χ1) is 12.1. The van der Waals surface area contributed by atoms with Gasteiger partial charge in [-0.1, -0.05) is 18.2 Å². The molecular formula is C18H19N3O4. The maximum Gasteiger partial charge on any atom is 0.263 e. The molecule has 2 amide bonds. The predicted molar refractivity (Wildman–Crippen MR) is 91.4 cm³/mol. The van der Waals surface area contributed by atoms with E-state index in [1.807, 2.05) is 24.3 Å². The van der Waals surface area contributed by atoms with Gasteiger partial charge in [-0.25, -0.2) is 0 Å². The molecule has 2 aromatic rings. The fraction of sp³-hybridized carbons (Fsp3) is 0.278. The quantitative estimate of drug-likeness (QED) is 0.880. The van der Waals surface area contributed by atoms with Crippen molar-refractivity contribution in [3.05, 3.63) is 64.1 Å². The Kier molecular flexibility index (Phi) is 4.83. The van der Waals surface area contributed by atoms with Crippen LogP contribution in [0.2, 0.25) is 0 Å². The second-order valence-corrected chi connectivity index (χ2v) is 5.81. The normalized spacial score (nSPS) is 13.6. The topological polar surface area (TPSA) is 80.6 Å². The average Bonchev–Trinajstić information content (AvgIpc) is 2.77. The third kappa shape index (κ3) is 3.71. The molecular weight excluding hydrogens is 322 g/mol. The van der Waals surface area contributed by atoms with Gasteiger partial charge in [-0.2, -0.15) is 0 Å². The van der Waals surface area contributed by atoms with Crippen LogP contribution < -0.4 is 15.6 Å². The third-order valence-electron chi connectivity index (χ3n) is 4.07. The maximum atomic E-state index is 12.2. The van der Waals surface area contributed by atoms with Gasteiger partial charge in [-0.05, 0) is 18.2 Å². The SMILES string of the molecule is Cn1cccc(C(=O)NCCN2Cc3ccccc3OCC2=O)c1=O. The lowest BCUT2D eigenvalue weighted by molar-refractivity contribution is -0.133. The second kappa shape index (κ2) is 7.21.